The highest BCUT2D eigenvalue weighted by Crippen LogP contribution is 2.27. The van der Waals surface area contributed by atoms with Gasteiger partial charge in [-0.05, 0) is 40.5 Å². The number of morpholine rings is 1. The predicted molar refractivity (Wildman–Crippen MR) is 118 cm³/mol. The lowest BCUT2D eigenvalue weighted by atomic mass is 9.90. The van der Waals surface area contributed by atoms with Crippen LogP contribution in [0.2, 0.25) is 0 Å². The van der Waals surface area contributed by atoms with Gasteiger partial charge in [-0.1, -0.05) is 42.5 Å². The number of benzene rings is 2. The van der Waals surface area contributed by atoms with Crippen LogP contribution in [0.3, 0.4) is 0 Å². The third kappa shape index (κ3) is 4.98. The number of hydrogen-bond acceptors (Lipinski definition) is 4. The predicted octanol–water partition coefficient (Wildman–Crippen LogP) is 3.45. The molecule has 4 rings (SSSR count). The molecule has 3 aromatic rings. The zero-order valence-corrected chi connectivity index (χ0v) is 17.6. The van der Waals surface area contributed by atoms with Crippen LogP contribution in [0.15, 0.2) is 73.1 Å². The number of nitrogens with zero attached hydrogens (tertiary/aromatic N) is 2. The van der Waals surface area contributed by atoms with Gasteiger partial charge in [-0.25, -0.2) is 4.39 Å². The molecule has 1 amide bonds. The smallest absolute Gasteiger partial charge is 0.253 e. The lowest BCUT2D eigenvalue weighted by Gasteiger charge is -2.41. The van der Waals surface area contributed by atoms with Crippen LogP contribution in [0.4, 0.5) is 4.39 Å². The number of carbonyl (C=O) groups is 1. The van der Waals surface area contributed by atoms with Crippen molar-refractivity contribution in [3.05, 3.63) is 90.0 Å². The van der Waals surface area contributed by atoms with E-state index in [0.717, 1.165) is 22.3 Å². The van der Waals surface area contributed by atoms with Gasteiger partial charge in [0.2, 0.25) is 0 Å². The standard InChI is InChI=1S/C25H26FN3O2/c1-27-24(30)25(15-19-7-9-21(10-8-19)22-5-3-11-28-16-22)18-29(12-13-31-25)17-20-4-2-6-23(26)14-20/h2-11,14,16H,12-13,15,17-18H2,1H3,(H,27,30)/t25-/m0/s1. The molecule has 160 valence electrons. The molecule has 2 aromatic carbocycles. The van der Waals surface area contributed by atoms with Crippen LogP contribution in [0.5, 0.6) is 0 Å². The maximum absolute atomic E-state index is 13.6. The third-order valence-corrected chi connectivity index (χ3v) is 5.64. The Morgan fingerprint density at radius 3 is 2.68 bits per heavy atom. The molecule has 0 radical (unpaired) electrons. The second-order valence-electron chi connectivity index (χ2n) is 7.88. The van der Waals surface area contributed by atoms with E-state index in [0.29, 0.717) is 32.7 Å². The Labute approximate surface area is 181 Å². The number of likely N-dealkylation sites (N-methyl/N-ethyl adjacent to an activating group) is 1. The van der Waals surface area contributed by atoms with Gasteiger partial charge in [-0.3, -0.25) is 14.7 Å². The van der Waals surface area contributed by atoms with Crippen molar-refractivity contribution in [1.29, 1.82) is 0 Å². The molecule has 1 aliphatic rings. The molecule has 0 aliphatic carbocycles. The minimum absolute atomic E-state index is 0.146. The fourth-order valence-corrected chi connectivity index (χ4v) is 4.12. The minimum atomic E-state index is -0.990. The molecule has 6 heteroatoms. The first-order valence-electron chi connectivity index (χ1n) is 10.4. The van der Waals surface area contributed by atoms with Gasteiger partial charge < -0.3 is 10.1 Å². The Morgan fingerprint density at radius 2 is 1.97 bits per heavy atom. The summed E-state index contributed by atoms with van der Waals surface area (Å²) in [5.74, 6) is -0.398. The number of nitrogens with one attached hydrogen (secondary N) is 1. The maximum Gasteiger partial charge on any atom is 0.253 e. The molecule has 1 aliphatic heterocycles. The van der Waals surface area contributed by atoms with E-state index in [4.69, 9.17) is 4.74 Å². The summed E-state index contributed by atoms with van der Waals surface area (Å²) in [4.78, 5) is 19.2. The summed E-state index contributed by atoms with van der Waals surface area (Å²) in [6, 6.07) is 18.6. The number of halogens is 1. The number of carbonyl (C=O) groups excluding carboxylic acids is 1. The molecule has 1 N–H and O–H groups in total. The summed E-state index contributed by atoms with van der Waals surface area (Å²) in [5, 5.41) is 2.77. The Hall–Kier alpha value is -3.09. The Bertz CT molecular complexity index is 1030. The van der Waals surface area contributed by atoms with E-state index in [2.05, 4.69) is 15.2 Å². The molecular weight excluding hydrogens is 393 g/mol. The lowest BCUT2D eigenvalue weighted by Crippen LogP contribution is -2.60. The fourth-order valence-electron chi connectivity index (χ4n) is 4.12. The van der Waals surface area contributed by atoms with Crippen LogP contribution >= 0.6 is 0 Å². The van der Waals surface area contributed by atoms with Crippen molar-refractivity contribution in [3.63, 3.8) is 0 Å². The highest BCUT2D eigenvalue weighted by Gasteiger charge is 2.43. The van der Waals surface area contributed by atoms with Gasteiger partial charge in [0.15, 0.2) is 5.60 Å². The van der Waals surface area contributed by atoms with E-state index in [9.17, 15) is 9.18 Å². The lowest BCUT2D eigenvalue weighted by molar-refractivity contribution is -0.160. The van der Waals surface area contributed by atoms with Crippen molar-refractivity contribution in [3.8, 4) is 11.1 Å². The average Bonchev–Trinajstić information content (AvgIpc) is 2.80. The van der Waals surface area contributed by atoms with Gasteiger partial charge in [0, 0.05) is 45.5 Å². The van der Waals surface area contributed by atoms with Crippen molar-refractivity contribution in [2.75, 3.05) is 26.7 Å². The fraction of sp³-hybridized carbons (Fsp3) is 0.280. The van der Waals surface area contributed by atoms with Crippen LogP contribution in [-0.2, 0) is 22.5 Å². The number of aromatic nitrogens is 1. The van der Waals surface area contributed by atoms with Crippen LogP contribution < -0.4 is 5.32 Å². The highest BCUT2D eigenvalue weighted by atomic mass is 19.1. The summed E-state index contributed by atoms with van der Waals surface area (Å²) in [6.07, 6.45) is 4.04. The monoisotopic (exact) mass is 419 g/mol. The Kier molecular flexibility index (Phi) is 6.39. The van der Waals surface area contributed by atoms with Crippen LogP contribution in [-0.4, -0.2) is 48.1 Å². The van der Waals surface area contributed by atoms with E-state index in [-0.39, 0.29) is 11.7 Å². The Balaban J connectivity index is 1.53. The molecule has 1 atom stereocenters. The molecule has 1 saturated heterocycles. The number of hydrogen-bond donors (Lipinski definition) is 1. The van der Waals surface area contributed by atoms with Crippen LogP contribution in [0, 0.1) is 5.82 Å². The maximum atomic E-state index is 13.6. The quantitative estimate of drug-likeness (QED) is 0.665. The molecule has 0 bridgehead atoms. The van der Waals surface area contributed by atoms with Crippen molar-refractivity contribution >= 4 is 5.91 Å². The van der Waals surface area contributed by atoms with E-state index in [1.165, 1.54) is 12.1 Å². The van der Waals surface area contributed by atoms with Gasteiger partial charge in [0.1, 0.15) is 5.82 Å². The van der Waals surface area contributed by atoms with Crippen LogP contribution in [0.1, 0.15) is 11.1 Å². The van der Waals surface area contributed by atoms with Gasteiger partial charge in [-0.15, -0.1) is 0 Å². The molecule has 31 heavy (non-hydrogen) atoms. The van der Waals surface area contributed by atoms with Gasteiger partial charge in [0.25, 0.3) is 5.91 Å². The molecule has 0 spiro atoms. The summed E-state index contributed by atoms with van der Waals surface area (Å²) in [5.41, 5.74) is 3.03. The van der Waals surface area contributed by atoms with Crippen molar-refractivity contribution in [2.45, 2.75) is 18.6 Å². The summed E-state index contributed by atoms with van der Waals surface area (Å²) >= 11 is 0. The molecule has 2 heterocycles. The van der Waals surface area contributed by atoms with E-state index < -0.39 is 5.60 Å². The number of rotatable bonds is 6. The summed E-state index contributed by atoms with van der Waals surface area (Å²) in [7, 11) is 1.63. The molecule has 5 nitrogen and oxygen atoms in total. The highest BCUT2D eigenvalue weighted by molar-refractivity contribution is 5.86. The average molecular weight is 420 g/mol. The molecular formula is C25H26FN3O2. The van der Waals surface area contributed by atoms with E-state index in [1.807, 2.05) is 48.7 Å². The first-order chi connectivity index (χ1) is 15.1. The number of pyridine rings is 1. The molecule has 1 aromatic heterocycles. The third-order valence-electron chi connectivity index (χ3n) is 5.64. The van der Waals surface area contributed by atoms with E-state index >= 15 is 0 Å². The number of amides is 1. The second kappa shape index (κ2) is 9.37. The van der Waals surface area contributed by atoms with Gasteiger partial charge >= 0.3 is 0 Å². The summed E-state index contributed by atoms with van der Waals surface area (Å²) in [6.45, 7) is 2.14. The zero-order chi connectivity index (χ0) is 21.7. The summed E-state index contributed by atoms with van der Waals surface area (Å²) < 4.78 is 19.7. The first kappa shape index (κ1) is 21.2. The van der Waals surface area contributed by atoms with E-state index in [1.54, 1.807) is 19.3 Å². The minimum Gasteiger partial charge on any atom is -0.362 e. The largest absolute Gasteiger partial charge is 0.362 e. The van der Waals surface area contributed by atoms with Gasteiger partial charge in [0.05, 0.1) is 6.61 Å². The van der Waals surface area contributed by atoms with Crippen molar-refractivity contribution in [1.82, 2.24) is 15.2 Å². The number of ether oxygens (including phenoxy) is 1. The van der Waals surface area contributed by atoms with Crippen molar-refractivity contribution < 1.29 is 13.9 Å². The molecule has 0 saturated carbocycles. The molecule has 0 unspecified atom stereocenters. The van der Waals surface area contributed by atoms with Crippen molar-refractivity contribution in [2.24, 2.45) is 0 Å². The van der Waals surface area contributed by atoms with Crippen LogP contribution in [0.25, 0.3) is 11.1 Å². The zero-order valence-electron chi connectivity index (χ0n) is 17.6. The SMILES string of the molecule is CNC(=O)[C@]1(Cc2ccc(-c3cccnc3)cc2)CN(Cc2cccc(F)c2)CCO1. The second-order valence-corrected chi connectivity index (χ2v) is 7.88. The normalized spacial score (nSPS) is 19.2. The molecule has 1 fully saturated rings. The first-order valence-corrected chi connectivity index (χ1v) is 10.4. The topological polar surface area (TPSA) is 54.5 Å². The van der Waals surface area contributed by atoms with Gasteiger partial charge in [-0.2, -0.15) is 0 Å². The Morgan fingerprint density at radius 1 is 1.13 bits per heavy atom.